The Kier molecular flexibility index (Phi) is 6.80. The Morgan fingerprint density at radius 2 is 1.71 bits per heavy atom. The molecule has 0 unspecified atom stereocenters. The van der Waals surface area contributed by atoms with Gasteiger partial charge in [0.25, 0.3) is 11.8 Å². The van der Waals surface area contributed by atoms with Crippen molar-refractivity contribution in [2.45, 2.75) is 33.2 Å². The zero-order valence-corrected chi connectivity index (χ0v) is 17.2. The lowest BCUT2D eigenvalue weighted by Crippen LogP contribution is -2.32. The van der Waals surface area contributed by atoms with Crippen LogP contribution >= 0.6 is 0 Å². The van der Waals surface area contributed by atoms with Crippen molar-refractivity contribution in [1.82, 2.24) is 5.32 Å². The van der Waals surface area contributed by atoms with Gasteiger partial charge < -0.3 is 10.6 Å². The molecule has 0 radical (unpaired) electrons. The summed E-state index contributed by atoms with van der Waals surface area (Å²) in [5.41, 5.74) is 2.16. The van der Waals surface area contributed by atoms with Gasteiger partial charge in [-0.3, -0.25) is 14.3 Å². The molecule has 2 aromatic rings. The second kappa shape index (κ2) is 8.88. The van der Waals surface area contributed by atoms with E-state index in [2.05, 4.69) is 15.4 Å². The molecule has 2 aromatic carbocycles. The van der Waals surface area contributed by atoms with Crippen molar-refractivity contribution >= 4 is 33.2 Å². The van der Waals surface area contributed by atoms with Crippen molar-refractivity contribution in [3.8, 4) is 0 Å². The molecular formula is C20H25N3O4S. The Morgan fingerprint density at radius 1 is 1.04 bits per heavy atom. The van der Waals surface area contributed by atoms with Gasteiger partial charge in [0.05, 0.1) is 23.2 Å². The molecule has 0 bridgehead atoms. The van der Waals surface area contributed by atoms with Crippen LogP contribution in [0.5, 0.6) is 0 Å². The van der Waals surface area contributed by atoms with E-state index in [1.54, 1.807) is 37.3 Å². The predicted molar refractivity (Wildman–Crippen MR) is 111 cm³/mol. The molecule has 0 aliphatic carbocycles. The highest BCUT2D eigenvalue weighted by Gasteiger charge is 2.16. The third-order valence-corrected chi connectivity index (χ3v) is 4.78. The predicted octanol–water partition coefficient (Wildman–Crippen LogP) is 3.15. The highest BCUT2D eigenvalue weighted by Crippen LogP contribution is 2.20. The molecule has 2 rings (SSSR count). The highest BCUT2D eigenvalue weighted by molar-refractivity contribution is 7.92. The average molecular weight is 404 g/mol. The van der Waals surface area contributed by atoms with E-state index >= 15 is 0 Å². The van der Waals surface area contributed by atoms with Gasteiger partial charge in [0, 0.05) is 11.6 Å². The summed E-state index contributed by atoms with van der Waals surface area (Å²) < 4.78 is 25.2. The number of anilines is 2. The lowest BCUT2D eigenvalue weighted by atomic mass is 10.1. The maximum absolute atomic E-state index is 12.6. The van der Waals surface area contributed by atoms with Gasteiger partial charge >= 0.3 is 0 Å². The van der Waals surface area contributed by atoms with E-state index in [0.717, 1.165) is 12.7 Å². The van der Waals surface area contributed by atoms with Crippen LogP contribution in [-0.2, 0) is 10.0 Å². The third-order valence-electron chi connectivity index (χ3n) is 4.19. The lowest BCUT2D eigenvalue weighted by molar-refractivity contribution is 0.0940. The van der Waals surface area contributed by atoms with Crippen LogP contribution in [-0.4, -0.2) is 32.5 Å². The van der Waals surface area contributed by atoms with Gasteiger partial charge in [-0.05, 0) is 56.2 Å². The zero-order chi connectivity index (χ0) is 20.9. The molecule has 3 N–H and O–H groups in total. The summed E-state index contributed by atoms with van der Waals surface area (Å²) in [7, 11) is -3.40. The molecule has 0 heterocycles. The van der Waals surface area contributed by atoms with E-state index in [0.29, 0.717) is 28.1 Å². The second-order valence-electron chi connectivity index (χ2n) is 6.69. The van der Waals surface area contributed by atoms with Crippen molar-refractivity contribution in [1.29, 1.82) is 0 Å². The van der Waals surface area contributed by atoms with E-state index < -0.39 is 15.9 Å². The fraction of sp³-hybridized carbons (Fsp3) is 0.300. The standard InChI is InChI=1S/C20H25N3O4S/c1-5-14(3)21-20(25)16-8-6-7-9-18(16)22-19(24)15-10-11-17(13(2)12-15)23-28(4,26)27/h6-12,14,23H,5H2,1-4H3,(H,21,25)(H,22,24)/t14-/m1/s1. The molecule has 7 nitrogen and oxygen atoms in total. The van der Waals surface area contributed by atoms with Crippen LogP contribution in [0.4, 0.5) is 11.4 Å². The minimum Gasteiger partial charge on any atom is -0.350 e. The maximum Gasteiger partial charge on any atom is 0.255 e. The minimum atomic E-state index is -3.40. The molecule has 2 amide bonds. The SMILES string of the molecule is CC[C@@H](C)NC(=O)c1ccccc1NC(=O)c1ccc(NS(C)(=O)=O)c(C)c1. The van der Waals surface area contributed by atoms with Crippen LogP contribution < -0.4 is 15.4 Å². The van der Waals surface area contributed by atoms with Crippen molar-refractivity contribution < 1.29 is 18.0 Å². The van der Waals surface area contributed by atoms with Crippen molar-refractivity contribution in [2.75, 3.05) is 16.3 Å². The number of nitrogens with one attached hydrogen (secondary N) is 3. The second-order valence-corrected chi connectivity index (χ2v) is 8.43. The van der Waals surface area contributed by atoms with Gasteiger partial charge in [0.2, 0.25) is 10.0 Å². The van der Waals surface area contributed by atoms with Crippen LogP contribution in [0, 0.1) is 6.92 Å². The summed E-state index contributed by atoms with van der Waals surface area (Å²) in [5.74, 6) is -0.646. The lowest BCUT2D eigenvalue weighted by Gasteiger charge is -2.15. The number of sulfonamides is 1. The Labute approximate surface area is 165 Å². The number of hydrogen-bond acceptors (Lipinski definition) is 4. The third kappa shape index (κ3) is 5.82. The Balaban J connectivity index is 2.22. The van der Waals surface area contributed by atoms with E-state index in [4.69, 9.17) is 0 Å². The molecule has 0 saturated carbocycles. The first-order valence-electron chi connectivity index (χ1n) is 8.90. The van der Waals surface area contributed by atoms with Crippen molar-refractivity contribution in [2.24, 2.45) is 0 Å². The van der Waals surface area contributed by atoms with Gasteiger partial charge in [-0.2, -0.15) is 0 Å². The molecule has 0 saturated heterocycles. The topological polar surface area (TPSA) is 104 Å². The Morgan fingerprint density at radius 3 is 2.32 bits per heavy atom. The maximum atomic E-state index is 12.6. The summed E-state index contributed by atoms with van der Waals surface area (Å²) in [4.78, 5) is 25.1. The first-order valence-corrected chi connectivity index (χ1v) is 10.8. The van der Waals surface area contributed by atoms with Gasteiger partial charge in [0.15, 0.2) is 0 Å². The van der Waals surface area contributed by atoms with Crippen LogP contribution in [0.3, 0.4) is 0 Å². The number of carbonyl (C=O) groups is 2. The molecule has 0 fully saturated rings. The molecule has 28 heavy (non-hydrogen) atoms. The quantitative estimate of drug-likeness (QED) is 0.660. The smallest absolute Gasteiger partial charge is 0.255 e. The number of benzene rings is 2. The largest absolute Gasteiger partial charge is 0.350 e. The summed E-state index contributed by atoms with van der Waals surface area (Å²) in [5, 5.41) is 5.64. The number of amides is 2. The molecule has 0 spiro atoms. The summed E-state index contributed by atoms with van der Waals surface area (Å²) in [6.07, 6.45) is 1.86. The zero-order valence-electron chi connectivity index (χ0n) is 16.4. The number of para-hydroxylation sites is 1. The summed E-state index contributed by atoms with van der Waals surface area (Å²) >= 11 is 0. The fourth-order valence-corrected chi connectivity index (χ4v) is 3.14. The van der Waals surface area contributed by atoms with E-state index in [-0.39, 0.29) is 11.9 Å². The first-order chi connectivity index (χ1) is 13.1. The van der Waals surface area contributed by atoms with Crippen LogP contribution in [0.15, 0.2) is 42.5 Å². The Bertz CT molecular complexity index is 987. The van der Waals surface area contributed by atoms with Crippen molar-refractivity contribution in [3.63, 3.8) is 0 Å². The normalized spacial score (nSPS) is 12.1. The fourth-order valence-electron chi connectivity index (χ4n) is 2.51. The summed E-state index contributed by atoms with van der Waals surface area (Å²) in [6.45, 7) is 5.59. The van der Waals surface area contributed by atoms with E-state index in [1.165, 1.54) is 12.1 Å². The number of rotatable bonds is 7. The summed E-state index contributed by atoms with van der Waals surface area (Å²) in [6, 6.07) is 11.5. The molecule has 0 aliphatic heterocycles. The molecule has 1 atom stereocenters. The van der Waals surface area contributed by atoms with Gasteiger partial charge in [-0.1, -0.05) is 19.1 Å². The molecule has 0 aromatic heterocycles. The van der Waals surface area contributed by atoms with Crippen LogP contribution in [0.25, 0.3) is 0 Å². The van der Waals surface area contributed by atoms with Gasteiger partial charge in [-0.15, -0.1) is 0 Å². The average Bonchev–Trinajstić information content (AvgIpc) is 2.62. The molecule has 150 valence electrons. The monoisotopic (exact) mass is 403 g/mol. The highest BCUT2D eigenvalue weighted by atomic mass is 32.2. The number of aryl methyl sites for hydroxylation is 1. The van der Waals surface area contributed by atoms with E-state index in [9.17, 15) is 18.0 Å². The molecular weight excluding hydrogens is 378 g/mol. The van der Waals surface area contributed by atoms with E-state index in [1.807, 2.05) is 13.8 Å². The van der Waals surface area contributed by atoms with Gasteiger partial charge in [0.1, 0.15) is 0 Å². The van der Waals surface area contributed by atoms with Crippen molar-refractivity contribution in [3.05, 3.63) is 59.2 Å². The number of carbonyl (C=O) groups excluding carboxylic acids is 2. The Hall–Kier alpha value is -2.87. The van der Waals surface area contributed by atoms with Crippen LogP contribution in [0.2, 0.25) is 0 Å². The number of hydrogen-bond donors (Lipinski definition) is 3. The van der Waals surface area contributed by atoms with Gasteiger partial charge in [-0.25, -0.2) is 8.42 Å². The molecule has 0 aliphatic rings. The molecule has 8 heteroatoms. The minimum absolute atomic E-state index is 0.0220. The van der Waals surface area contributed by atoms with Crippen LogP contribution in [0.1, 0.15) is 46.5 Å². The first kappa shape index (κ1) is 21.4.